The lowest BCUT2D eigenvalue weighted by Crippen LogP contribution is -2.36. The first-order valence-electron chi connectivity index (χ1n) is 11.6. The van der Waals surface area contributed by atoms with Gasteiger partial charge in [0.25, 0.3) is 0 Å². The maximum absolute atomic E-state index is 8.66. The molecule has 2 aromatic rings. The molecule has 0 aliphatic heterocycles. The molecule has 0 atom stereocenters. The number of amidine groups is 1. The zero-order valence-corrected chi connectivity index (χ0v) is 19.8. The van der Waals surface area contributed by atoms with Crippen molar-refractivity contribution in [3.63, 3.8) is 0 Å². The van der Waals surface area contributed by atoms with Crippen LogP contribution >= 0.6 is 0 Å². The van der Waals surface area contributed by atoms with Crippen LogP contribution in [0.5, 0.6) is 0 Å². The van der Waals surface area contributed by atoms with E-state index in [-0.39, 0.29) is 5.92 Å². The van der Waals surface area contributed by atoms with Crippen LogP contribution in [0.1, 0.15) is 51.5 Å². The van der Waals surface area contributed by atoms with Gasteiger partial charge in [0.1, 0.15) is 17.5 Å². The van der Waals surface area contributed by atoms with E-state index in [1.807, 2.05) is 37.5 Å². The van der Waals surface area contributed by atoms with Gasteiger partial charge in [-0.2, -0.15) is 0 Å². The first-order chi connectivity index (χ1) is 15.9. The minimum Gasteiger partial charge on any atom is -0.404 e. The van der Waals surface area contributed by atoms with Gasteiger partial charge in [-0.25, -0.2) is 4.98 Å². The highest BCUT2D eigenvalue weighted by atomic mass is 15.1. The summed E-state index contributed by atoms with van der Waals surface area (Å²) in [6.45, 7) is 4.11. The molecule has 1 saturated carbocycles. The molecule has 1 fully saturated rings. The molecular formula is C25H36N8. The Balaban J connectivity index is 1.84. The molecule has 0 bridgehead atoms. The number of pyridine rings is 2. The molecule has 2 heterocycles. The molecule has 0 aromatic carbocycles. The molecule has 0 spiro atoms. The third kappa shape index (κ3) is 6.47. The summed E-state index contributed by atoms with van der Waals surface area (Å²) in [6, 6.07) is 6.04. The van der Waals surface area contributed by atoms with Crippen LogP contribution in [-0.2, 0) is 0 Å². The van der Waals surface area contributed by atoms with E-state index in [1.165, 1.54) is 19.3 Å². The van der Waals surface area contributed by atoms with Gasteiger partial charge in [-0.05, 0) is 54.8 Å². The van der Waals surface area contributed by atoms with Crippen molar-refractivity contribution in [1.82, 2.24) is 20.6 Å². The van der Waals surface area contributed by atoms with Gasteiger partial charge in [0.15, 0.2) is 0 Å². The lowest BCUT2D eigenvalue weighted by atomic mass is 9.95. The average molecular weight is 449 g/mol. The lowest BCUT2D eigenvalue weighted by Gasteiger charge is -2.25. The number of allylic oxidation sites excluding steroid dienone is 2. The fourth-order valence-electron chi connectivity index (χ4n) is 3.97. The number of nitrogens with zero attached hydrogens (tertiary/aromatic N) is 2. The van der Waals surface area contributed by atoms with Gasteiger partial charge in [0.2, 0.25) is 0 Å². The number of nitrogens with one attached hydrogen (secondary N) is 4. The molecule has 2 aromatic heterocycles. The molecule has 8 nitrogen and oxygen atoms in total. The monoisotopic (exact) mass is 448 g/mol. The second kappa shape index (κ2) is 11.4. The maximum atomic E-state index is 8.66. The fraction of sp³-hybridized carbons (Fsp3) is 0.400. The van der Waals surface area contributed by atoms with Crippen LogP contribution in [0.25, 0.3) is 16.6 Å². The minimum absolute atomic E-state index is 0.265. The second-order valence-corrected chi connectivity index (χ2v) is 8.71. The Labute approximate surface area is 196 Å². The Kier molecular flexibility index (Phi) is 8.29. The number of aromatic nitrogens is 2. The standard InChI is InChI=1S/C25H36N8/c1-16(2)17(13-26)12-23(27)33-24-10-9-21-22(32-24)11-18(14-30-21)20(15-29-3)25(28)31-19-7-5-4-6-8-19/h9-16,19,29H,4-8,26-27H2,1-3H3,(H2,28,31)(H,32,33)/b17-13+,20-15-,23-12+. The summed E-state index contributed by atoms with van der Waals surface area (Å²) >= 11 is 0. The number of hydrogen-bond acceptors (Lipinski definition) is 7. The second-order valence-electron chi connectivity index (χ2n) is 8.71. The van der Waals surface area contributed by atoms with Gasteiger partial charge in [0.05, 0.1) is 11.0 Å². The summed E-state index contributed by atoms with van der Waals surface area (Å²) < 4.78 is 0. The fourth-order valence-corrected chi connectivity index (χ4v) is 3.97. The maximum Gasteiger partial charge on any atom is 0.132 e. The highest BCUT2D eigenvalue weighted by Crippen LogP contribution is 2.22. The van der Waals surface area contributed by atoms with Gasteiger partial charge in [-0.3, -0.25) is 10.4 Å². The first kappa shape index (κ1) is 24.1. The largest absolute Gasteiger partial charge is 0.404 e. The van der Waals surface area contributed by atoms with E-state index < -0.39 is 0 Å². The Hall–Kier alpha value is -3.55. The summed E-state index contributed by atoms with van der Waals surface area (Å²) in [5, 5.41) is 18.2. The molecule has 0 unspecified atom stereocenters. The van der Waals surface area contributed by atoms with E-state index >= 15 is 0 Å². The number of rotatable bonds is 8. The van der Waals surface area contributed by atoms with Gasteiger partial charge < -0.3 is 27.4 Å². The summed E-state index contributed by atoms with van der Waals surface area (Å²) in [7, 11) is 1.83. The first-order valence-corrected chi connectivity index (χ1v) is 11.6. The van der Waals surface area contributed by atoms with Crippen molar-refractivity contribution < 1.29 is 0 Å². The van der Waals surface area contributed by atoms with Crippen molar-refractivity contribution in [3.05, 3.63) is 59.8 Å². The average Bonchev–Trinajstić information content (AvgIpc) is 2.81. The molecule has 8 heteroatoms. The van der Waals surface area contributed by atoms with Gasteiger partial charge in [0, 0.05) is 36.6 Å². The zero-order chi connectivity index (χ0) is 23.8. The molecule has 3 rings (SSSR count). The third-order valence-electron chi connectivity index (χ3n) is 5.81. The Morgan fingerprint density at radius 1 is 1.18 bits per heavy atom. The van der Waals surface area contributed by atoms with Crippen molar-refractivity contribution in [2.24, 2.45) is 17.4 Å². The molecule has 8 N–H and O–H groups in total. The van der Waals surface area contributed by atoms with E-state index in [4.69, 9.17) is 16.9 Å². The van der Waals surface area contributed by atoms with Gasteiger partial charge in [-0.1, -0.05) is 33.1 Å². The lowest BCUT2D eigenvalue weighted by molar-refractivity contribution is 0.414. The van der Waals surface area contributed by atoms with Crippen LogP contribution < -0.4 is 27.4 Å². The molecule has 1 aliphatic rings. The Bertz CT molecular complexity index is 1060. The quantitative estimate of drug-likeness (QED) is 0.205. The number of fused-ring (bicyclic) bond motifs is 1. The third-order valence-corrected chi connectivity index (χ3v) is 5.81. The summed E-state index contributed by atoms with van der Waals surface area (Å²) in [4.78, 5) is 9.25. The number of hydrogen-bond donors (Lipinski definition) is 6. The van der Waals surface area contributed by atoms with Crippen molar-refractivity contribution in [3.8, 4) is 0 Å². The minimum atomic E-state index is 0.265. The summed E-state index contributed by atoms with van der Waals surface area (Å²) in [5.74, 6) is 1.74. The van der Waals surface area contributed by atoms with Crippen LogP contribution in [0.2, 0.25) is 0 Å². The van der Waals surface area contributed by atoms with Gasteiger partial charge in [-0.15, -0.1) is 0 Å². The Morgan fingerprint density at radius 2 is 1.94 bits per heavy atom. The van der Waals surface area contributed by atoms with Crippen LogP contribution in [0.15, 0.2) is 54.3 Å². The SMILES string of the molecule is CN/C=C(\C(=N)NC1CCCCC1)c1cnc2ccc(N/C(N)=C/C(=C\N)C(C)C)nc2c1. The van der Waals surface area contributed by atoms with Crippen molar-refractivity contribution in [2.75, 3.05) is 12.4 Å². The number of anilines is 1. The predicted molar refractivity (Wildman–Crippen MR) is 137 cm³/mol. The van der Waals surface area contributed by atoms with E-state index in [1.54, 1.807) is 12.4 Å². The van der Waals surface area contributed by atoms with Crippen LogP contribution in [0, 0.1) is 11.3 Å². The smallest absolute Gasteiger partial charge is 0.132 e. The van der Waals surface area contributed by atoms with E-state index in [0.717, 1.165) is 40.6 Å². The molecule has 176 valence electrons. The molecule has 0 radical (unpaired) electrons. The highest BCUT2D eigenvalue weighted by Gasteiger charge is 2.17. The molecule has 33 heavy (non-hydrogen) atoms. The van der Waals surface area contributed by atoms with E-state index in [2.05, 4.69) is 39.8 Å². The Morgan fingerprint density at radius 3 is 2.61 bits per heavy atom. The molecule has 1 aliphatic carbocycles. The normalized spacial score (nSPS) is 16.2. The van der Waals surface area contributed by atoms with Crippen molar-refractivity contribution in [2.45, 2.75) is 52.0 Å². The topological polar surface area (TPSA) is 138 Å². The van der Waals surface area contributed by atoms with Crippen molar-refractivity contribution in [1.29, 1.82) is 5.41 Å². The van der Waals surface area contributed by atoms with Gasteiger partial charge >= 0.3 is 0 Å². The highest BCUT2D eigenvalue weighted by molar-refractivity contribution is 6.21. The number of nitrogens with two attached hydrogens (primary N) is 2. The van der Waals surface area contributed by atoms with E-state index in [9.17, 15) is 0 Å². The van der Waals surface area contributed by atoms with Crippen LogP contribution in [0.3, 0.4) is 0 Å². The predicted octanol–water partition coefficient (Wildman–Crippen LogP) is 3.80. The molecular weight excluding hydrogens is 412 g/mol. The van der Waals surface area contributed by atoms with Crippen LogP contribution in [-0.4, -0.2) is 28.9 Å². The van der Waals surface area contributed by atoms with Crippen molar-refractivity contribution >= 4 is 28.3 Å². The zero-order valence-electron chi connectivity index (χ0n) is 19.8. The molecule has 0 saturated heterocycles. The molecule has 0 amide bonds. The summed E-state index contributed by atoms with van der Waals surface area (Å²) in [5.41, 5.74) is 15.9. The summed E-state index contributed by atoms with van der Waals surface area (Å²) in [6.07, 6.45) is 12.9. The van der Waals surface area contributed by atoms with Crippen LogP contribution in [0.4, 0.5) is 5.82 Å². The van der Waals surface area contributed by atoms with E-state index in [0.29, 0.717) is 23.5 Å².